The first-order chi connectivity index (χ1) is 10.2. The molecule has 1 aromatic carbocycles. The molecule has 116 valence electrons. The maximum atomic E-state index is 10.8. The average molecular weight is 291 g/mol. The minimum Gasteiger partial charge on any atom is -0.495 e. The molecule has 1 aliphatic carbocycles. The lowest BCUT2D eigenvalue weighted by atomic mass is 9.79. The summed E-state index contributed by atoms with van der Waals surface area (Å²) >= 11 is 0. The molecule has 4 heteroatoms. The summed E-state index contributed by atoms with van der Waals surface area (Å²) < 4.78 is 11.3. The third-order valence-electron chi connectivity index (χ3n) is 5.13. The first-order valence-corrected chi connectivity index (χ1v) is 7.90. The van der Waals surface area contributed by atoms with Crippen molar-refractivity contribution in [2.24, 2.45) is 5.92 Å². The molecule has 1 spiro atoms. The topological polar surface area (TPSA) is 64.7 Å². The number of aliphatic hydroxyl groups is 1. The van der Waals surface area contributed by atoms with Crippen LogP contribution in [0.5, 0.6) is 5.75 Å². The highest BCUT2D eigenvalue weighted by Crippen LogP contribution is 2.46. The number of nitrogens with two attached hydrogens (primary N) is 1. The van der Waals surface area contributed by atoms with E-state index in [4.69, 9.17) is 15.2 Å². The number of anilines is 1. The Morgan fingerprint density at radius 1 is 1.38 bits per heavy atom. The lowest BCUT2D eigenvalue weighted by molar-refractivity contribution is -0.113. The molecule has 2 atom stereocenters. The zero-order valence-electron chi connectivity index (χ0n) is 12.7. The predicted molar refractivity (Wildman–Crippen MR) is 82.2 cm³/mol. The van der Waals surface area contributed by atoms with Gasteiger partial charge in [-0.1, -0.05) is 25.0 Å². The van der Waals surface area contributed by atoms with Gasteiger partial charge < -0.3 is 20.3 Å². The van der Waals surface area contributed by atoms with E-state index in [1.54, 1.807) is 7.11 Å². The quantitative estimate of drug-likeness (QED) is 0.840. The van der Waals surface area contributed by atoms with Crippen LogP contribution in [0, 0.1) is 5.92 Å². The third-order valence-corrected chi connectivity index (χ3v) is 5.13. The first-order valence-electron chi connectivity index (χ1n) is 7.90. The summed E-state index contributed by atoms with van der Waals surface area (Å²) in [6.45, 7) is 0.742. The van der Waals surface area contributed by atoms with E-state index in [-0.39, 0.29) is 11.5 Å². The maximum absolute atomic E-state index is 10.8. The number of para-hydroxylation sites is 1. The first kappa shape index (κ1) is 14.7. The van der Waals surface area contributed by atoms with Gasteiger partial charge in [0.1, 0.15) is 5.75 Å². The Balaban J connectivity index is 1.80. The van der Waals surface area contributed by atoms with Crippen LogP contribution >= 0.6 is 0 Å². The van der Waals surface area contributed by atoms with Gasteiger partial charge in [-0.05, 0) is 37.7 Å². The second kappa shape index (κ2) is 5.85. The van der Waals surface area contributed by atoms with E-state index in [1.165, 1.54) is 12.8 Å². The fourth-order valence-electron chi connectivity index (χ4n) is 3.95. The van der Waals surface area contributed by atoms with Crippen LogP contribution in [-0.4, -0.2) is 24.4 Å². The molecule has 3 N–H and O–H groups in total. The minimum absolute atomic E-state index is 0.0114. The van der Waals surface area contributed by atoms with E-state index >= 15 is 0 Å². The Kier molecular flexibility index (Phi) is 4.09. The third kappa shape index (κ3) is 2.74. The zero-order chi connectivity index (χ0) is 14.9. The molecule has 2 aliphatic rings. The van der Waals surface area contributed by atoms with E-state index in [2.05, 4.69) is 0 Å². The molecule has 1 heterocycles. The number of hydrogen-bond acceptors (Lipinski definition) is 4. The highest BCUT2D eigenvalue weighted by atomic mass is 16.5. The number of aliphatic hydroxyl groups excluding tert-OH is 1. The number of rotatable bonds is 3. The second-order valence-corrected chi connectivity index (χ2v) is 6.40. The fraction of sp³-hybridized carbons (Fsp3) is 0.647. The molecule has 1 aliphatic heterocycles. The standard InChI is InChI=1S/C17H25NO3/c1-20-14-6-4-5-13(15(14)18)16(19)12-7-10-21-17(11-12)8-2-3-9-17/h4-6,12,16,19H,2-3,7-11,18H2,1H3. The second-order valence-electron chi connectivity index (χ2n) is 6.40. The van der Waals surface area contributed by atoms with E-state index in [9.17, 15) is 5.11 Å². The average Bonchev–Trinajstić information content (AvgIpc) is 2.94. The molecule has 0 amide bonds. The molecule has 1 aromatic rings. The molecule has 1 saturated heterocycles. The highest BCUT2D eigenvalue weighted by Gasteiger charge is 2.42. The summed E-state index contributed by atoms with van der Waals surface area (Å²) in [4.78, 5) is 0. The van der Waals surface area contributed by atoms with Crippen molar-refractivity contribution in [3.8, 4) is 5.75 Å². The molecule has 21 heavy (non-hydrogen) atoms. The minimum atomic E-state index is -0.540. The van der Waals surface area contributed by atoms with Gasteiger partial charge in [-0.3, -0.25) is 0 Å². The predicted octanol–water partition coefficient (Wildman–Crippen LogP) is 3.05. The van der Waals surface area contributed by atoms with Crippen LogP contribution in [-0.2, 0) is 4.74 Å². The number of methoxy groups -OCH3 is 1. The fourth-order valence-corrected chi connectivity index (χ4v) is 3.95. The molecule has 3 rings (SSSR count). The Bertz CT molecular complexity index is 497. The van der Waals surface area contributed by atoms with Crippen molar-refractivity contribution in [2.75, 3.05) is 19.5 Å². The molecular weight excluding hydrogens is 266 g/mol. The molecule has 0 aromatic heterocycles. The van der Waals surface area contributed by atoms with E-state index in [0.717, 1.165) is 37.9 Å². The Labute approximate surface area is 126 Å². The zero-order valence-corrected chi connectivity index (χ0v) is 12.7. The van der Waals surface area contributed by atoms with Crippen molar-refractivity contribution in [3.63, 3.8) is 0 Å². The lowest BCUT2D eigenvalue weighted by Gasteiger charge is -2.40. The van der Waals surface area contributed by atoms with Crippen LogP contribution in [0.2, 0.25) is 0 Å². The Morgan fingerprint density at radius 2 is 2.14 bits per heavy atom. The normalized spacial score (nSPS) is 25.9. The van der Waals surface area contributed by atoms with Gasteiger partial charge in [0.2, 0.25) is 0 Å². The number of ether oxygens (including phenoxy) is 2. The van der Waals surface area contributed by atoms with Crippen molar-refractivity contribution >= 4 is 5.69 Å². The number of nitrogen functional groups attached to an aromatic ring is 1. The number of hydrogen-bond donors (Lipinski definition) is 2. The van der Waals surface area contributed by atoms with Gasteiger partial charge in [-0.2, -0.15) is 0 Å². The van der Waals surface area contributed by atoms with Gasteiger partial charge in [-0.15, -0.1) is 0 Å². The summed E-state index contributed by atoms with van der Waals surface area (Å²) in [5.41, 5.74) is 7.48. The van der Waals surface area contributed by atoms with E-state index in [1.807, 2.05) is 18.2 Å². The van der Waals surface area contributed by atoms with Gasteiger partial charge >= 0.3 is 0 Å². The van der Waals surface area contributed by atoms with Crippen LogP contribution in [0.25, 0.3) is 0 Å². The van der Waals surface area contributed by atoms with Crippen molar-refractivity contribution in [2.45, 2.75) is 50.2 Å². The monoisotopic (exact) mass is 291 g/mol. The van der Waals surface area contributed by atoms with Gasteiger partial charge in [0.05, 0.1) is 24.5 Å². The van der Waals surface area contributed by atoms with Gasteiger partial charge in [0.25, 0.3) is 0 Å². The maximum Gasteiger partial charge on any atom is 0.142 e. The molecule has 0 radical (unpaired) electrons. The van der Waals surface area contributed by atoms with Crippen molar-refractivity contribution in [1.29, 1.82) is 0 Å². The van der Waals surface area contributed by atoms with E-state index < -0.39 is 6.10 Å². The summed E-state index contributed by atoms with van der Waals surface area (Å²) in [7, 11) is 1.60. The van der Waals surface area contributed by atoms with Gasteiger partial charge in [0, 0.05) is 12.2 Å². The highest BCUT2D eigenvalue weighted by molar-refractivity contribution is 5.59. The van der Waals surface area contributed by atoms with Crippen LogP contribution in [0.4, 0.5) is 5.69 Å². The molecular formula is C17H25NO3. The summed E-state index contributed by atoms with van der Waals surface area (Å²) in [6.07, 6.45) is 6.02. The summed E-state index contributed by atoms with van der Waals surface area (Å²) in [6, 6.07) is 5.62. The van der Waals surface area contributed by atoms with Crippen LogP contribution in [0.3, 0.4) is 0 Å². The molecule has 2 unspecified atom stereocenters. The number of benzene rings is 1. The lowest BCUT2D eigenvalue weighted by Crippen LogP contribution is -2.39. The SMILES string of the molecule is COc1cccc(C(O)C2CCOC3(CCCC3)C2)c1N. The molecule has 0 bridgehead atoms. The van der Waals surface area contributed by atoms with Crippen LogP contribution in [0.15, 0.2) is 18.2 Å². The largest absolute Gasteiger partial charge is 0.495 e. The Morgan fingerprint density at radius 3 is 2.86 bits per heavy atom. The smallest absolute Gasteiger partial charge is 0.142 e. The summed E-state index contributed by atoms with van der Waals surface area (Å²) in [5, 5.41) is 10.8. The van der Waals surface area contributed by atoms with Crippen LogP contribution in [0.1, 0.15) is 50.2 Å². The Hall–Kier alpha value is -1.26. The summed E-state index contributed by atoms with van der Waals surface area (Å²) in [5.74, 6) is 0.848. The van der Waals surface area contributed by atoms with E-state index in [0.29, 0.717) is 11.4 Å². The van der Waals surface area contributed by atoms with Crippen molar-refractivity contribution in [3.05, 3.63) is 23.8 Å². The van der Waals surface area contributed by atoms with Gasteiger partial charge in [0.15, 0.2) is 0 Å². The molecule has 2 fully saturated rings. The van der Waals surface area contributed by atoms with Crippen LogP contribution < -0.4 is 10.5 Å². The molecule has 1 saturated carbocycles. The van der Waals surface area contributed by atoms with Crippen molar-refractivity contribution < 1.29 is 14.6 Å². The van der Waals surface area contributed by atoms with Crippen molar-refractivity contribution in [1.82, 2.24) is 0 Å². The van der Waals surface area contributed by atoms with Gasteiger partial charge in [-0.25, -0.2) is 0 Å². The molecule has 4 nitrogen and oxygen atoms in total.